The lowest BCUT2D eigenvalue weighted by Crippen LogP contribution is -2.53. The monoisotopic (exact) mass is 167 g/mol. The molecule has 1 nitrogen and oxygen atoms in total. The molecule has 1 heteroatoms. The van der Waals surface area contributed by atoms with Crippen LogP contribution in [-0.4, -0.2) is 12.1 Å². The molecule has 0 radical (unpaired) electrons. The zero-order valence-electron chi connectivity index (χ0n) is 8.40. The summed E-state index contributed by atoms with van der Waals surface area (Å²) in [4.78, 5) is 0. The summed E-state index contributed by atoms with van der Waals surface area (Å²) >= 11 is 0. The molecule has 1 aliphatic carbocycles. The second kappa shape index (κ2) is 3.02. The first-order valence-corrected chi connectivity index (χ1v) is 5.47. The van der Waals surface area contributed by atoms with Crippen LogP contribution >= 0.6 is 0 Å². The first-order valence-electron chi connectivity index (χ1n) is 5.47. The zero-order valence-corrected chi connectivity index (χ0v) is 8.40. The molecular weight excluding hydrogens is 146 g/mol. The largest absolute Gasteiger partial charge is 0.311 e. The summed E-state index contributed by atoms with van der Waals surface area (Å²) in [5, 5.41) is 3.76. The quantitative estimate of drug-likeness (QED) is 0.585. The molecule has 0 aromatic heterocycles. The molecule has 1 heterocycles. The fraction of sp³-hybridized carbons (Fsp3) is 1.00. The van der Waals surface area contributed by atoms with Crippen molar-refractivity contribution >= 4 is 0 Å². The molecule has 3 atom stereocenters. The number of rotatable bonds is 0. The Kier molecular flexibility index (Phi) is 2.16. The maximum Gasteiger partial charge on any atom is 0.0123 e. The standard InChI is InChI=1S/C11H21N/c1-9-6-8-11(2)7-4-3-5-10(11)12-9/h9-10,12H,3-8H2,1-2H3. The van der Waals surface area contributed by atoms with E-state index >= 15 is 0 Å². The molecule has 0 aromatic rings. The van der Waals surface area contributed by atoms with Crippen LogP contribution in [-0.2, 0) is 0 Å². The van der Waals surface area contributed by atoms with Crippen LogP contribution in [0.5, 0.6) is 0 Å². The Morgan fingerprint density at radius 1 is 1.17 bits per heavy atom. The maximum absolute atomic E-state index is 3.76. The third-order valence-corrected chi connectivity index (χ3v) is 3.97. The summed E-state index contributed by atoms with van der Waals surface area (Å²) < 4.78 is 0. The van der Waals surface area contributed by atoms with Crippen LogP contribution in [0, 0.1) is 5.41 Å². The minimum Gasteiger partial charge on any atom is -0.311 e. The Morgan fingerprint density at radius 3 is 2.83 bits per heavy atom. The van der Waals surface area contributed by atoms with Crippen LogP contribution in [0.15, 0.2) is 0 Å². The molecule has 70 valence electrons. The lowest BCUT2D eigenvalue weighted by atomic mass is 9.66. The third-order valence-electron chi connectivity index (χ3n) is 3.97. The minimum atomic E-state index is 0.644. The SMILES string of the molecule is CC1CCC2(C)CCCCC2N1. The van der Waals surface area contributed by atoms with Crippen molar-refractivity contribution in [3.8, 4) is 0 Å². The maximum atomic E-state index is 3.76. The number of hydrogen-bond acceptors (Lipinski definition) is 1. The highest BCUT2D eigenvalue weighted by atomic mass is 15.0. The predicted molar refractivity (Wildman–Crippen MR) is 52.2 cm³/mol. The van der Waals surface area contributed by atoms with Crippen LogP contribution in [0.4, 0.5) is 0 Å². The van der Waals surface area contributed by atoms with E-state index in [0.717, 1.165) is 12.1 Å². The summed E-state index contributed by atoms with van der Waals surface area (Å²) in [6.45, 7) is 4.81. The van der Waals surface area contributed by atoms with Crippen LogP contribution in [0.2, 0.25) is 0 Å². The van der Waals surface area contributed by atoms with E-state index in [2.05, 4.69) is 19.2 Å². The summed E-state index contributed by atoms with van der Waals surface area (Å²) in [6, 6.07) is 1.59. The molecule has 1 saturated carbocycles. The summed E-state index contributed by atoms with van der Waals surface area (Å²) in [7, 11) is 0. The molecule has 0 aromatic carbocycles. The van der Waals surface area contributed by atoms with Crippen molar-refractivity contribution in [1.82, 2.24) is 5.32 Å². The van der Waals surface area contributed by atoms with E-state index in [9.17, 15) is 0 Å². The Labute approximate surface area is 75.9 Å². The van der Waals surface area contributed by atoms with Gasteiger partial charge in [-0.25, -0.2) is 0 Å². The molecule has 2 aliphatic rings. The minimum absolute atomic E-state index is 0.644. The molecule has 1 aliphatic heterocycles. The van der Waals surface area contributed by atoms with Crippen molar-refractivity contribution in [3.05, 3.63) is 0 Å². The fourth-order valence-corrected chi connectivity index (χ4v) is 2.96. The van der Waals surface area contributed by atoms with Gasteiger partial charge >= 0.3 is 0 Å². The smallest absolute Gasteiger partial charge is 0.0123 e. The average molecular weight is 167 g/mol. The molecule has 1 N–H and O–H groups in total. The van der Waals surface area contributed by atoms with Gasteiger partial charge in [0.2, 0.25) is 0 Å². The molecule has 3 unspecified atom stereocenters. The van der Waals surface area contributed by atoms with Crippen molar-refractivity contribution < 1.29 is 0 Å². The lowest BCUT2D eigenvalue weighted by molar-refractivity contribution is 0.0836. The van der Waals surface area contributed by atoms with Gasteiger partial charge in [-0.15, -0.1) is 0 Å². The number of hydrogen-bond donors (Lipinski definition) is 1. The Hall–Kier alpha value is -0.0400. The summed E-state index contributed by atoms with van der Waals surface area (Å²) in [6.07, 6.45) is 8.61. The molecule has 0 spiro atoms. The highest BCUT2D eigenvalue weighted by Crippen LogP contribution is 2.42. The Morgan fingerprint density at radius 2 is 2.00 bits per heavy atom. The molecular formula is C11H21N. The normalized spacial score (nSPS) is 48.5. The number of nitrogens with one attached hydrogen (secondary N) is 1. The van der Waals surface area contributed by atoms with Gasteiger partial charge in [-0.1, -0.05) is 19.8 Å². The molecule has 1 saturated heterocycles. The van der Waals surface area contributed by atoms with E-state index in [-0.39, 0.29) is 0 Å². The summed E-state index contributed by atoms with van der Waals surface area (Å²) in [5.74, 6) is 0. The van der Waals surface area contributed by atoms with Gasteiger partial charge < -0.3 is 5.32 Å². The van der Waals surface area contributed by atoms with E-state index in [4.69, 9.17) is 0 Å². The second-order valence-corrected chi connectivity index (χ2v) is 5.06. The third kappa shape index (κ3) is 1.39. The zero-order chi connectivity index (χ0) is 8.60. The van der Waals surface area contributed by atoms with Crippen LogP contribution < -0.4 is 5.32 Å². The van der Waals surface area contributed by atoms with Gasteiger partial charge in [0.1, 0.15) is 0 Å². The van der Waals surface area contributed by atoms with Gasteiger partial charge in [0, 0.05) is 12.1 Å². The fourth-order valence-electron chi connectivity index (χ4n) is 2.96. The van der Waals surface area contributed by atoms with Crippen molar-refractivity contribution in [2.24, 2.45) is 5.41 Å². The molecule has 12 heavy (non-hydrogen) atoms. The van der Waals surface area contributed by atoms with E-state index in [0.29, 0.717) is 5.41 Å². The highest BCUT2D eigenvalue weighted by molar-refractivity contribution is 4.96. The molecule has 0 bridgehead atoms. The van der Waals surface area contributed by atoms with Crippen molar-refractivity contribution in [3.63, 3.8) is 0 Å². The van der Waals surface area contributed by atoms with Gasteiger partial charge in [0.25, 0.3) is 0 Å². The Balaban J connectivity index is 2.06. The molecule has 2 fully saturated rings. The van der Waals surface area contributed by atoms with Crippen molar-refractivity contribution in [2.75, 3.05) is 0 Å². The van der Waals surface area contributed by atoms with Gasteiger partial charge in [0.05, 0.1) is 0 Å². The average Bonchev–Trinajstić information content (AvgIpc) is 2.06. The predicted octanol–water partition coefficient (Wildman–Crippen LogP) is 2.71. The first-order chi connectivity index (χ1) is 5.71. The van der Waals surface area contributed by atoms with E-state index in [1.165, 1.54) is 38.5 Å². The second-order valence-electron chi connectivity index (χ2n) is 5.06. The number of piperidine rings is 1. The topological polar surface area (TPSA) is 12.0 Å². The lowest BCUT2D eigenvalue weighted by Gasteiger charge is -2.47. The van der Waals surface area contributed by atoms with E-state index < -0.39 is 0 Å². The van der Waals surface area contributed by atoms with E-state index in [1.54, 1.807) is 0 Å². The molecule has 0 amide bonds. The Bertz CT molecular complexity index is 166. The van der Waals surface area contributed by atoms with Gasteiger partial charge in [-0.05, 0) is 38.0 Å². The van der Waals surface area contributed by atoms with Gasteiger partial charge in [0.15, 0.2) is 0 Å². The molecule has 2 rings (SSSR count). The first kappa shape index (κ1) is 8.55. The highest BCUT2D eigenvalue weighted by Gasteiger charge is 2.39. The van der Waals surface area contributed by atoms with Crippen molar-refractivity contribution in [2.45, 2.75) is 64.5 Å². The van der Waals surface area contributed by atoms with Gasteiger partial charge in [-0.2, -0.15) is 0 Å². The van der Waals surface area contributed by atoms with E-state index in [1.807, 2.05) is 0 Å². The van der Waals surface area contributed by atoms with Gasteiger partial charge in [-0.3, -0.25) is 0 Å². The number of fused-ring (bicyclic) bond motifs is 1. The van der Waals surface area contributed by atoms with Crippen molar-refractivity contribution in [1.29, 1.82) is 0 Å². The van der Waals surface area contributed by atoms with Crippen LogP contribution in [0.25, 0.3) is 0 Å². The van der Waals surface area contributed by atoms with Crippen LogP contribution in [0.3, 0.4) is 0 Å². The summed E-state index contributed by atoms with van der Waals surface area (Å²) in [5.41, 5.74) is 0.644. The van der Waals surface area contributed by atoms with Crippen LogP contribution in [0.1, 0.15) is 52.4 Å².